The van der Waals surface area contributed by atoms with Gasteiger partial charge in [-0.05, 0) is 15.9 Å². The molecule has 0 fully saturated rings. The molecule has 12 heavy (non-hydrogen) atoms. The first-order valence-electron chi connectivity index (χ1n) is 3.04. The predicted molar refractivity (Wildman–Crippen MR) is 43.6 cm³/mol. The molecule has 3 nitrogen and oxygen atoms in total. The van der Waals surface area contributed by atoms with E-state index in [4.69, 9.17) is 5.11 Å². The molecule has 1 atom stereocenters. The van der Waals surface area contributed by atoms with E-state index in [0.717, 1.165) is 6.08 Å². The Morgan fingerprint density at radius 3 is 2.58 bits per heavy atom. The fourth-order valence-corrected chi connectivity index (χ4v) is 0.879. The fourth-order valence-electron chi connectivity index (χ4n) is 0.530. The molecule has 0 aromatic heterocycles. The molecule has 1 amide bonds. The summed E-state index contributed by atoms with van der Waals surface area (Å²) in [6.45, 7) is 2.80. The van der Waals surface area contributed by atoms with Crippen molar-refractivity contribution in [2.45, 2.75) is 4.83 Å². The fraction of sp³-hybridized carbons (Fsp3) is 0.500. The zero-order chi connectivity index (χ0) is 9.78. The minimum Gasteiger partial charge on any atom is -0.465 e. The number of hydrogen-bond donors (Lipinski definition) is 2. The third-order valence-electron chi connectivity index (χ3n) is 1.18. The van der Waals surface area contributed by atoms with Crippen molar-refractivity contribution in [2.75, 3.05) is 6.54 Å². The quantitative estimate of drug-likeness (QED) is 0.587. The maximum absolute atomic E-state index is 12.4. The van der Waals surface area contributed by atoms with E-state index in [1.165, 1.54) is 0 Å². The highest BCUT2D eigenvalue weighted by Crippen LogP contribution is 2.31. The first-order chi connectivity index (χ1) is 5.38. The van der Waals surface area contributed by atoms with Gasteiger partial charge in [0, 0.05) is 6.54 Å². The van der Waals surface area contributed by atoms with Crippen LogP contribution in [0, 0.1) is 5.92 Å². The van der Waals surface area contributed by atoms with Gasteiger partial charge in [0.2, 0.25) is 0 Å². The largest absolute Gasteiger partial charge is 0.465 e. The summed E-state index contributed by atoms with van der Waals surface area (Å²) in [4.78, 5) is 6.81. The van der Waals surface area contributed by atoms with Gasteiger partial charge in [0.15, 0.2) is 0 Å². The second-order valence-corrected chi connectivity index (χ2v) is 3.13. The molecule has 0 bridgehead atoms. The van der Waals surface area contributed by atoms with E-state index < -0.39 is 16.8 Å². The molecule has 0 saturated heterocycles. The summed E-state index contributed by atoms with van der Waals surface area (Å²) in [5.41, 5.74) is 0. The summed E-state index contributed by atoms with van der Waals surface area (Å²) >= 11 is 2.12. The summed E-state index contributed by atoms with van der Waals surface area (Å²) < 4.78 is 24.9. The Morgan fingerprint density at radius 1 is 1.83 bits per heavy atom. The van der Waals surface area contributed by atoms with Gasteiger partial charge in [-0.3, -0.25) is 0 Å². The third kappa shape index (κ3) is 4.27. The Labute approximate surface area is 76.6 Å². The van der Waals surface area contributed by atoms with Crippen molar-refractivity contribution in [3.63, 3.8) is 0 Å². The third-order valence-corrected chi connectivity index (χ3v) is 1.77. The first kappa shape index (κ1) is 11.4. The topological polar surface area (TPSA) is 49.3 Å². The standard InChI is InChI=1S/C6H8BrF2NO2/c1-2-4(6(7,8)9)3-10-5(11)12/h2,4,10H,1,3H2,(H,11,12)/t4-/m1/s1. The monoisotopic (exact) mass is 243 g/mol. The van der Waals surface area contributed by atoms with Gasteiger partial charge in [0.1, 0.15) is 0 Å². The molecule has 0 aliphatic heterocycles. The van der Waals surface area contributed by atoms with E-state index in [9.17, 15) is 13.6 Å². The van der Waals surface area contributed by atoms with Crippen LogP contribution in [0.15, 0.2) is 12.7 Å². The normalized spacial score (nSPS) is 13.6. The molecule has 0 saturated carbocycles. The first-order valence-corrected chi connectivity index (χ1v) is 3.83. The van der Waals surface area contributed by atoms with Gasteiger partial charge in [0.05, 0.1) is 5.92 Å². The van der Waals surface area contributed by atoms with Gasteiger partial charge in [-0.1, -0.05) is 6.08 Å². The van der Waals surface area contributed by atoms with Crippen LogP contribution in [-0.2, 0) is 0 Å². The van der Waals surface area contributed by atoms with Crippen LogP contribution in [0.2, 0.25) is 0 Å². The number of rotatable bonds is 4. The number of carboxylic acid groups (broad SMARTS) is 1. The van der Waals surface area contributed by atoms with Crippen LogP contribution in [-0.4, -0.2) is 22.6 Å². The number of halogens is 3. The lowest BCUT2D eigenvalue weighted by molar-refractivity contribution is 0.0676. The average Bonchev–Trinajstić information content (AvgIpc) is 1.85. The second kappa shape index (κ2) is 4.39. The number of nitrogens with one attached hydrogen (secondary N) is 1. The van der Waals surface area contributed by atoms with Gasteiger partial charge < -0.3 is 10.4 Å². The Balaban J connectivity index is 4.01. The number of carbonyl (C=O) groups is 1. The van der Waals surface area contributed by atoms with Gasteiger partial charge in [0.25, 0.3) is 0 Å². The number of amides is 1. The zero-order valence-corrected chi connectivity index (χ0v) is 7.64. The van der Waals surface area contributed by atoms with Gasteiger partial charge in [-0.15, -0.1) is 6.58 Å². The molecule has 0 aromatic rings. The zero-order valence-electron chi connectivity index (χ0n) is 6.06. The van der Waals surface area contributed by atoms with Crippen LogP contribution in [0.3, 0.4) is 0 Å². The SMILES string of the molecule is C=C[C@H](CNC(=O)O)C(F)(F)Br. The van der Waals surface area contributed by atoms with Crippen molar-refractivity contribution in [1.29, 1.82) is 0 Å². The van der Waals surface area contributed by atoms with Crippen LogP contribution in [0.1, 0.15) is 0 Å². The minimum absolute atomic E-state index is 0.364. The lowest BCUT2D eigenvalue weighted by Gasteiger charge is -2.17. The number of hydrogen-bond acceptors (Lipinski definition) is 1. The highest BCUT2D eigenvalue weighted by molar-refractivity contribution is 9.10. The lowest BCUT2D eigenvalue weighted by atomic mass is 10.1. The van der Waals surface area contributed by atoms with E-state index in [1.54, 1.807) is 0 Å². The maximum atomic E-state index is 12.4. The highest BCUT2D eigenvalue weighted by Gasteiger charge is 2.34. The summed E-state index contributed by atoms with van der Waals surface area (Å²) in [5.74, 6) is -1.24. The van der Waals surface area contributed by atoms with Crippen LogP contribution in [0.4, 0.5) is 13.6 Å². The van der Waals surface area contributed by atoms with E-state index in [2.05, 4.69) is 22.5 Å². The van der Waals surface area contributed by atoms with Crippen LogP contribution in [0.5, 0.6) is 0 Å². The van der Waals surface area contributed by atoms with E-state index >= 15 is 0 Å². The summed E-state index contributed by atoms with van der Waals surface area (Å²) in [6, 6.07) is 0. The van der Waals surface area contributed by atoms with Crippen molar-refractivity contribution >= 4 is 22.0 Å². The molecular formula is C6H8BrF2NO2. The Hall–Kier alpha value is -0.650. The van der Waals surface area contributed by atoms with Crippen molar-refractivity contribution < 1.29 is 18.7 Å². The molecule has 0 aliphatic rings. The summed E-state index contributed by atoms with van der Waals surface area (Å²) in [5, 5.41) is 9.96. The molecule has 0 heterocycles. The van der Waals surface area contributed by atoms with Crippen LogP contribution >= 0.6 is 15.9 Å². The Bertz CT molecular complexity index is 181. The summed E-state index contributed by atoms with van der Waals surface area (Å²) in [7, 11) is 0. The van der Waals surface area contributed by atoms with Crippen molar-refractivity contribution in [3.8, 4) is 0 Å². The van der Waals surface area contributed by atoms with Crippen molar-refractivity contribution in [3.05, 3.63) is 12.7 Å². The average molecular weight is 244 g/mol. The maximum Gasteiger partial charge on any atom is 0.404 e. The van der Waals surface area contributed by atoms with E-state index in [1.807, 2.05) is 5.32 Å². The van der Waals surface area contributed by atoms with Crippen molar-refractivity contribution in [2.24, 2.45) is 5.92 Å². The van der Waals surface area contributed by atoms with Crippen LogP contribution < -0.4 is 5.32 Å². The van der Waals surface area contributed by atoms with Gasteiger partial charge in [-0.25, -0.2) is 4.79 Å². The van der Waals surface area contributed by atoms with Crippen LogP contribution in [0.25, 0.3) is 0 Å². The Kier molecular flexibility index (Phi) is 4.16. The van der Waals surface area contributed by atoms with E-state index in [-0.39, 0.29) is 6.54 Å². The Morgan fingerprint density at radius 2 is 2.33 bits per heavy atom. The second-order valence-electron chi connectivity index (χ2n) is 2.07. The lowest BCUT2D eigenvalue weighted by Crippen LogP contribution is -2.33. The summed E-state index contributed by atoms with van der Waals surface area (Å²) in [6.07, 6.45) is -0.344. The molecular weight excluding hydrogens is 236 g/mol. The minimum atomic E-state index is -3.13. The van der Waals surface area contributed by atoms with Gasteiger partial charge >= 0.3 is 10.9 Å². The van der Waals surface area contributed by atoms with Gasteiger partial charge in [-0.2, -0.15) is 8.78 Å². The molecule has 0 rings (SSSR count). The molecule has 2 N–H and O–H groups in total. The van der Waals surface area contributed by atoms with Crippen molar-refractivity contribution in [1.82, 2.24) is 5.32 Å². The number of alkyl halides is 3. The molecule has 70 valence electrons. The molecule has 0 aromatic carbocycles. The predicted octanol–water partition coefficient (Wildman–Crippen LogP) is 2.04. The highest BCUT2D eigenvalue weighted by atomic mass is 79.9. The molecule has 6 heteroatoms. The molecule has 0 aliphatic carbocycles. The molecule has 0 unspecified atom stereocenters. The molecule has 0 spiro atoms. The molecule has 0 radical (unpaired) electrons. The van der Waals surface area contributed by atoms with E-state index in [0.29, 0.717) is 0 Å². The smallest absolute Gasteiger partial charge is 0.404 e.